The molecule has 1 atom stereocenters. The van der Waals surface area contributed by atoms with Crippen LogP contribution < -0.4 is 25.8 Å². The van der Waals surface area contributed by atoms with Crippen molar-refractivity contribution in [2.75, 3.05) is 12.0 Å². The number of barbiturate groups is 1. The van der Waals surface area contributed by atoms with Crippen molar-refractivity contribution in [2.24, 2.45) is 5.92 Å². The molecule has 3 rings (SSSR count). The monoisotopic (exact) mass is 410 g/mol. The van der Waals surface area contributed by atoms with Crippen LogP contribution in [-0.2, 0) is 9.59 Å². The van der Waals surface area contributed by atoms with E-state index in [0.29, 0.717) is 5.75 Å². The molecular weight excluding hydrogens is 392 g/mol. The zero-order valence-corrected chi connectivity index (χ0v) is 15.8. The molecule has 2 aromatic carbocycles. The number of amides is 5. The Hall–Kier alpha value is -4.34. The molecule has 1 heterocycles. The Balaban J connectivity index is 1.75. The van der Waals surface area contributed by atoms with E-state index < -0.39 is 29.7 Å². The van der Waals surface area contributed by atoms with E-state index >= 15 is 0 Å². The van der Waals surface area contributed by atoms with Gasteiger partial charge in [0.15, 0.2) is 5.92 Å². The number of hydrazine groups is 1. The van der Waals surface area contributed by atoms with Crippen LogP contribution in [0.15, 0.2) is 60.8 Å². The summed E-state index contributed by atoms with van der Waals surface area (Å²) in [6.45, 7) is 3.62. The highest BCUT2D eigenvalue weighted by Crippen LogP contribution is 2.25. The molecule has 4 N–H and O–H groups in total. The van der Waals surface area contributed by atoms with E-state index in [1.807, 2.05) is 0 Å². The minimum absolute atomic E-state index is 0.0211. The molecule has 0 saturated carbocycles. The molecule has 5 amide bonds. The first-order valence-corrected chi connectivity index (χ1v) is 8.69. The number of nitrogens with one attached hydrogen (secondary N) is 3. The summed E-state index contributed by atoms with van der Waals surface area (Å²) < 4.78 is 5.05. The van der Waals surface area contributed by atoms with Crippen molar-refractivity contribution < 1.29 is 29.0 Å². The van der Waals surface area contributed by atoms with Crippen LogP contribution >= 0.6 is 0 Å². The molecule has 2 aromatic rings. The molecule has 30 heavy (non-hydrogen) atoms. The van der Waals surface area contributed by atoms with E-state index in [0.717, 1.165) is 4.90 Å². The molecule has 10 heteroatoms. The first-order valence-electron chi connectivity index (χ1n) is 8.69. The molecule has 0 unspecified atom stereocenters. The van der Waals surface area contributed by atoms with Crippen molar-refractivity contribution in [1.82, 2.24) is 16.2 Å². The van der Waals surface area contributed by atoms with Gasteiger partial charge in [0.2, 0.25) is 5.91 Å². The first kappa shape index (κ1) is 20.4. The molecule has 0 aromatic heterocycles. The third-order valence-corrected chi connectivity index (χ3v) is 4.33. The zero-order chi connectivity index (χ0) is 21.8. The number of carbonyl (C=O) groups is 4. The van der Waals surface area contributed by atoms with Gasteiger partial charge in [-0.25, -0.2) is 9.69 Å². The number of carbonyl (C=O) groups excluding carboxylic acids is 4. The maximum absolute atomic E-state index is 12.9. The minimum atomic E-state index is -1.48. The van der Waals surface area contributed by atoms with Gasteiger partial charge in [-0.15, -0.1) is 0 Å². The number of methoxy groups -OCH3 is 1. The number of benzene rings is 2. The van der Waals surface area contributed by atoms with E-state index in [-0.39, 0.29) is 22.7 Å². The van der Waals surface area contributed by atoms with Crippen molar-refractivity contribution in [2.45, 2.75) is 0 Å². The lowest BCUT2D eigenvalue weighted by molar-refractivity contribution is -0.132. The predicted molar refractivity (Wildman–Crippen MR) is 105 cm³/mol. The maximum Gasteiger partial charge on any atom is 0.335 e. The summed E-state index contributed by atoms with van der Waals surface area (Å²) in [5.74, 6) is -3.64. The number of phenols is 1. The normalized spacial score (nSPS) is 16.0. The molecule has 1 aliphatic heterocycles. The predicted octanol–water partition coefficient (Wildman–Crippen LogP) is 1.05. The van der Waals surface area contributed by atoms with Crippen LogP contribution in [0.3, 0.4) is 0 Å². The lowest BCUT2D eigenvalue weighted by atomic mass is 10.0. The van der Waals surface area contributed by atoms with Gasteiger partial charge in [-0.1, -0.05) is 18.7 Å². The van der Waals surface area contributed by atoms with E-state index in [4.69, 9.17) is 4.74 Å². The van der Waals surface area contributed by atoms with Crippen LogP contribution in [0.5, 0.6) is 11.5 Å². The molecule has 1 aliphatic rings. The Kier molecular flexibility index (Phi) is 5.68. The van der Waals surface area contributed by atoms with Gasteiger partial charge in [0.25, 0.3) is 11.8 Å². The van der Waals surface area contributed by atoms with Crippen molar-refractivity contribution in [3.05, 3.63) is 66.4 Å². The Morgan fingerprint density at radius 1 is 1.10 bits per heavy atom. The maximum atomic E-state index is 12.9. The number of ether oxygens (including phenoxy) is 1. The number of phenolic OH excluding ortho intramolecular Hbond substituents is 1. The number of nitrogens with zero attached hydrogens (tertiary/aromatic N) is 1. The van der Waals surface area contributed by atoms with Gasteiger partial charge < -0.3 is 15.3 Å². The zero-order valence-electron chi connectivity index (χ0n) is 15.8. The second kappa shape index (κ2) is 8.35. The number of imide groups is 2. The second-order valence-electron chi connectivity index (χ2n) is 6.22. The summed E-state index contributed by atoms with van der Waals surface area (Å²) in [7, 11) is 1.47. The SMILES string of the molecule is C=C(NNC(=O)c1ccccc1O)[C@@H]1C(=O)NC(=O)N(c2ccc(OC)cc2)C1=O. The number of rotatable bonds is 6. The van der Waals surface area contributed by atoms with Crippen LogP contribution in [0.1, 0.15) is 10.4 Å². The van der Waals surface area contributed by atoms with Crippen LogP contribution in [0.4, 0.5) is 10.5 Å². The van der Waals surface area contributed by atoms with Gasteiger partial charge in [-0.3, -0.25) is 25.1 Å². The molecule has 0 radical (unpaired) electrons. The van der Waals surface area contributed by atoms with Gasteiger partial charge >= 0.3 is 6.03 Å². The number of hydrogen-bond donors (Lipinski definition) is 4. The van der Waals surface area contributed by atoms with Gasteiger partial charge in [-0.05, 0) is 36.4 Å². The fourth-order valence-corrected chi connectivity index (χ4v) is 2.80. The quantitative estimate of drug-likeness (QED) is 0.413. The number of hydrogen-bond acceptors (Lipinski definition) is 7. The fourth-order valence-electron chi connectivity index (χ4n) is 2.80. The lowest BCUT2D eigenvalue weighted by Crippen LogP contribution is -2.60. The first-order chi connectivity index (χ1) is 14.3. The van der Waals surface area contributed by atoms with Gasteiger partial charge in [-0.2, -0.15) is 0 Å². The molecule has 0 bridgehead atoms. The van der Waals surface area contributed by atoms with E-state index in [1.54, 1.807) is 24.3 Å². The summed E-state index contributed by atoms with van der Waals surface area (Å²) in [5.41, 5.74) is 4.70. The lowest BCUT2D eigenvalue weighted by Gasteiger charge is -2.31. The Bertz CT molecular complexity index is 1030. The second-order valence-corrected chi connectivity index (χ2v) is 6.22. The molecular formula is C20H18N4O6. The number of anilines is 1. The average molecular weight is 410 g/mol. The average Bonchev–Trinajstić information content (AvgIpc) is 2.72. The molecule has 1 fully saturated rings. The highest BCUT2D eigenvalue weighted by atomic mass is 16.5. The summed E-state index contributed by atoms with van der Waals surface area (Å²) in [5, 5.41) is 11.8. The van der Waals surface area contributed by atoms with E-state index in [2.05, 4.69) is 22.7 Å². The minimum Gasteiger partial charge on any atom is -0.507 e. The molecule has 0 spiro atoms. The van der Waals surface area contributed by atoms with Gasteiger partial charge in [0.1, 0.15) is 11.5 Å². The Morgan fingerprint density at radius 3 is 2.40 bits per heavy atom. The largest absolute Gasteiger partial charge is 0.507 e. The molecule has 10 nitrogen and oxygen atoms in total. The fraction of sp³-hybridized carbons (Fsp3) is 0.100. The molecule has 1 saturated heterocycles. The molecule has 0 aliphatic carbocycles. The summed E-state index contributed by atoms with van der Waals surface area (Å²) >= 11 is 0. The summed E-state index contributed by atoms with van der Waals surface area (Å²) in [4.78, 5) is 50.3. The molecule has 154 valence electrons. The van der Waals surface area contributed by atoms with E-state index in [1.165, 1.54) is 31.4 Å². The Labute approximate surface area is 171 Å². The third kappa shape index (κ3) is 3.92. The van der Waals surface area contributed by atoms with Crippen molar-refractivity contribution in [3.63, 3.8) is 0 Å². The highest BCUT2D eigenvalue weighted by molar-refractivity contribution is 6.28. The number of aromatic hydroxyl groups is 1. The smallest absolute Gasteiger partial charge is 0.335 e. The standard InChI is InChI=1S/C20H18N4O6/c1-11(22-23-17(26)14-5-3-4-6-15(14)25)16-18(27)21-20(29)24(19(16)28)12-7-9-13(30-2)10-8-12/h3-10,16,22,25H,1H2,2H3,(H,23,26)(H,21,27,29)/t16-/m1/s1. The summed E-state index contributed by atoms with van der Waals surface area (Å²) in [6.07, 6.45) is 0. The van der Waals surface area contributed by atoms with Crippen LogP contribution in [-0.4, -0.2) is 36.0 Å². The van der Waals surface area contributed by atoms with Crippen molar-refractivity contribution in [3.8, 4) is 11.5 Å². The highest BCUT2D eigenvalue weighted by Gasteiger charge is 2.43. The number of para-hydroxylation sites is 1. The number of urea groups is 1. The van der Waals surface area contributed by atoms with Crippen molar-refractivity contribution >= 4 is 29.4 Å². The van der Waals surface area contributed by atoms with Gasteiger partial charge in [0, 0.05) is 5.70 Å². The van der Waals surface area contributed by atoms with Crippen LogP contribution in [0.25, 0.3) is 0 Å². The topological polar surface area (TPSA) is 137 Å². The van der Waals surface area contributed by atoms with Crippen LogP contribution in [0.2, 0.25) is 0 Å². The van der Waals surface area contributed by atoms with E-state index in [9.17, 15) is 24.3 Å². The summed E-state index contributed by atoms with van der Waals surface area (Å²) in [6, 6.07) is 11.0. The van der Waals surface area contributed by atoms with Gasteiger partial charge in [0.05, 0.1) is 18.4 Å². The van der Waals surface area contributed by atoms with Crippen molar-refractivity contribution in [1.29, 1.82) is 0 Å². The third-order valence-electron chi connectivity index (χ3n) is 4.33. The Morgan fingerprint density at radius 2 is 1.77 bits per heavy atom. The van der Waals surface area contributed by atoms with Crippen LogP contribution in [0, 0.1) is 5.92 Å².